The summed E-state index contributed by atoms with van der Waals surface area (Å²) >= 11 is 0. The van der Waals surface area contributed by atoms with Gasteiger partial charge in [-0.05, 0) is 31.2 Å². The molecule has 0 heterocycles. The average molecular weight is 288 g/mol. The first kappa shape index (κ1) is 16.7. The zero-order valence-corrected chi connectivity index (χ0v) is 12.0. The first-order valence-electron chi connectivity index (χ1n) is 6.67. The Labute approximate surface area is 124 Å². The molecule has 0 atom stereocenters. The smallest absolute Gasteiger partial charge is 0.252 e. The molecule has 0 aliphatic heterocycles. The molecular weight excluding hydrogens is 268 g/mol. The standard InChI is InChI=1S/C15H20N4O2/c1-18-15(21)13-7-6-12(10-11(13)4-2-8-16)19-14(20)5-3-9-17/h6-7,10H,3,5,8-9,16-17H2,1H3,(H,18,21)(H,19,20). The molecule has 0 unspecified atom stereocenters. The van der Waals surface area contributed by atoms with E-state index in [1.807, 2.05) is 0 Å². The quantitative estimate of drug-likeness (QED) is 0.573. The van der Waals surface area contributed by atoms with Crippen LogP contribution in [-0.4, -0.2) is 32.0 Å². The van der Waals surface area contributed by atoms with E-state index in [9.17, 15) is 9.59 Å². The van der Waals surface area contributed by atoms with Crippen molar-refractivity contribution in [2.24, 2.45) is 11.5 Å². The van der Waals surface area contributed by atoms with Crippen LogP contribution in [0.1, 0.15) is 28.8 Å². The van der Waals surface area contributed by atoms with Crippen LogP contribution in [-0.2, 0) is 4.79 Å². The highest BCUT2D eigenvalue weighted by molar-refractivity contribution is 5.98. The minimum atomic E-state index is -0.239. The van der Waals surface area contributed by atoms with Crippen LogP contribution in [0.5, 0.6) is 0 Å². The number of carbonyl (C=O) groups excluding carboxylic acids is 2. The van der Waals surface area contributed by atoms with Gasteiger partial charge in [-0.3, -0.25) is 9.59 Å². The Bertz CT molecular complexity index is 573. The summed E-state index contributed by atoms with van der Waals surface area (Å²) in [5.41, 5.74) is 12.3. The molecule has 0 fully saturated rings. The molecule has 1 aromatic rings. The minimum absolute atomic E-state index is 0.120. The maximum Gasteiger partial charge on any atom is 0.252 e. The first-order valence-corrected chi connectivity index (χ1v) is 6.67. The van der Waals surface area contributed by atoms with Gasteiger partial charge in [-0.25, -0.2) is 0 Å². The second kappa shape index (κ2) is 8.74. The Balaban J connectivity index is 2.98. The molecule has 0 aliphatic carbocycles. The van der Waals surface area contributed by atoms with E-state index in [1.165, 1.54) is 0 Å². The van der Waals surface area contributed by atoms with Crippen molar-refractivity contribution in [2.75, 3.05) is 25.5 Å². The molecule has 1 rings (SSSR count). The number of rotatable bonds is 5. The molecule has 0 aromatic heterocycles. The lowest BCUT2D eigenvalue weighted by Gasteiger charge is -2.08. The second-order valence-corrected chi connectivity index (χ2v) is 4.29. The molecule has 112 valence electrons. The number of nitrogens with two attached hydrogens (primary N) is 2. The second-order valence-electron chi connectivity index (χ2n) is 4.29. The highest BCUT2D eigenvalue weighted by Gasteiger charge is 2.10. The lowest BCUT2D eigenvalue weighted by molar-refractivity contribution is -0.116. The minimum Gasteiger partial charge on any atom is -0.355 e. The summed E-state index contributed by atoms with van der Waals surface area (Å²) in [7, 11) is 1.55. The molecule has 1 aromatic carbocycles. The Morgan fingerprint density at radius 1 is 1.29 bits per heavy atom. The van der Waals surface area contributed by atoms with Crippen molar-refractivity contribution < 1.29 is 9.59 Å². The Morgan fingerprint density at radius 2 is 2.05 bits per heavy atom. The van der Waals surface area contributed by atoms with Gasteiger partial charge in [-0.15, -0.1) is 0 Å². The average Bonchev–Trinajstić information content (AvgIpc) is 2.50. The molecule has 0 radical (unpaired) electrons. The monoisotopic (exact) mass is 288 g/mol. The van der Waals surface area contributed by atoms with Crippen LogP contribution in [0.15, 0.2) is 18.2 Å². The van der Waals surface area contributed by atoms with Crippen molar-refractivity contribution in [2.45, 2.75) is 12.8 Å². The molecule has 2 amide bonds. The maximum atomic E-state index is 11.8. The predicted molar refractivity (Wildman–Crippen MR) is 82.7 cm³/mol. The largest absolute Gasteiger partial charge is 0.355 e. The molecule has 0 bridgehead atoms. The van der Waals surface area contributed by atoms with Crippen LogP contribution < -0.4 is 22.1 Å². The van der Waals surface area contributed by atoms with E-state index in [4.69, 9.17) is 11.5 Å². The van der Waals surface area contributed by atoms with Gasteiger partial charge in [0.05, 0.1) is 12.1 Å². The van der Waals surface area contributed by atoms with Crippen LogP contribution >= 0.6 is 0 Å². The topological polar surface area (TPSA) is 110 Å². The summed E-state index contributed by atoms with van der Waals surface area (Å²) in [6, 6.07) is 4.95. The van der Waals surface area contributed by atoms with E-state index < -0.39 is 0 Å². The number of hydrogen-bond donors (Lipinski definition) is 4. The fourth-order valence-corrected chi connectivity index (χ4v) is 1.69. The van der Waals surface area contributed by atoms with E-state index in [-0.39, 0.29) is 18.4 Å². The number of amides is 2. The molecule has 6 N–H and O–H groups in total. The maximum absolute atomic E-state index is 11.8. The fraction of sp³-hybridized carbons (Fsp3) is 0.333. The van der Waals surface area contributed by atoms with Crippen molar-refractivity contribution in [3.8, 4) is 11.8 Å². The molecule has 0 saturated carbocycles. The van der Waals surface area contributed by atoms with Crippen molar-refractivity contribution >= 4 is 17.5 Å². The van der Waals surface area contributed by atoms with Crippen LogP contribution in [0.3, 0.4) is 0 Å². The number of nitrogens with one attached hydrogen (secondary N) is 2. The zero-order chi connectivity index (χ0) is 15.7. The van der Waals surface area contributed by atoms with Gasteiger partial charge in [-0.1, -0.05) is 11.8 Å². The number of anilines is 1. The van der Waals surface area contributed by atoms with Gasteiger partial charge in [-0.2, -0.15) is 0 Å². The molecule has 0 saturated heterocycles. The molecular formula is C15H20N4O2. The molecule has 0 spiro atoms. The van der Waals surface area contributed by atoms with Gasteiger partial charge in [0, 0.05) is 24.7 Å². The summed E-state index contributed by atoms with van der Waals surface area (Å²) in [6.45, 7) is 0.663. The van der Waals surface area contributed by atoms with E-state index >= 15 is 0 Å². The predicted octanol–water partition coefficient (Wildman–Crippen LogP) is 0.0338. The van der Waals surface area contributed by atoms with Crippen molar-refractivity contribution in [1.29, 1.82) is 0 Å². The highest BCUT2D eigenvalue weighted by atomic mass is 16.2. The summed E-state index contributed by atoms with van der Waals surface area (Å²) in [5.74, 6) is 5.19. The van der Waals surface area contributed by atoms with E-state index in [0.29, 0.717) is 36.2 Å². The van der Waals surface area contributed by atoms with Crippen LogP contribution in [0.25, 0.3) is 0 Å². The lowest BCUT2D eigenvalue weighted by atomic mass is 10.1. The third-order valence-corrected chi connectivity index (χ3v) is 2.71. The van der Waals surface area contributed by atoms with Crippen molar-refractivity contribution in [3.63, 3.8) is 0 Å². The Kier molecular flexibility index (Phi) is 6.95. The molecule has 6 nitrogen and oxygen atoms in total. The SMILES string of the molecule is CNC(=O)c1ccc(NC(=O)CCCN)cc1C#CCN. The summed E-state index contributed by atoms with van der Waals surface area (Å²) in [5, 5.41) is 5.30. The first-order chi connectivity index (χ1) is 10.1. The van der Waals surface area contributed by atoms with E-state index in [1.54, 1.807) is 25.2 Å². The third-order valence-electron chi connectivity index (χ3n) is 2.71. The Hall–Kier alpha value is -2.36. The van der Waals surface area contributed by atoms with Gasteiger partial charge in [0.1, 0.15) is 0 Å². The Morgan fingerprint density at radius 3 is 2.67 bits per heavy atom. The van der Waals surface area contributed by atoms with Crippen LogP contribution in [0, 0.1) is 11.8 Å². The van der Waals surface area contributed by atoms with Crippen LogP contribution in [0.4, 0.5) is 5.69 Å². The number of benzene rings is 1. The summed E-state index contributed by atoms with van der Waals surface area (Å²) in [4.78, 5) is 23.4. The summed E-state index contributed by atoms with van der Waals surface area (Å²) < 4.78 is 0. The van der Waals surface area contributed by atoms with Gasteiger partial charge in [0.2, 0.25) is 5.91 Å². The van der Waals surface area contributed by atoms with Gasteiger partial charge >= 0.3 is 0 Å². The lowest BCUT2D eigenvalue weighted by Crippen LogP contribution is -2.19. The molecule has 21 heavy (non-hydrogen) atoms. The van der Waals surface area contributed by atoms with Crippen molar-refractivity contribution in [1.82, 2.24) is 5.32 Å². The van der Waals surface area contributed by atoms with E-state index in [2.05, 4.69) is 22.5 Å². The van der Waals surface area contributed by atoms with Crippen molar-refractivity contribution in [3.05, 3.63) is 29.3 Å². The van der Waals surface area contributed by atoms with Gasteiger partial charge in [0.25, 0.3) is 5.91 Å². The van der Waals surface area contributed by atoms with E-state index in [0.717, 1.165) is 0 Å². The number of carbonyl (C=O) groups is 2. The van der Waals surface area contributed by atoms with Gasteiger partial charge < -0.3 is 22.1 Å². The molecule has 0 aliphatic rings. The fourth-order valence-electron chi connectivity index (χ4n) is 1.69. The van der Waals surface area contributed by atoms with Gasteiger partial charge in [0.15, 0.2) is 0 Å². The van der Waals surface area contributed by atoms with Crippen LogP contribution in [0.2, 0.25) is 0 Å². The zero-order valence-electron chi connectivity index (χ0n) is 12.0. The third kappa shape index (κ3) is 5.26. The molecule has 6 heteroatoms. The number of hydrogen-bond acceptors (Lipinski definition) is 4. The highest BCUT2D eigenvalue weighted by Crippen LogP contribution is 2.16. The summed E-state index contributed by atoms with van der Waals surface area (Å²) in [6.07, 6.45) is 0.986. The normalized spacial score (nSPS) is 9.48.